The minimum atomic E-state index is -0.167. The molecule has 2 rings (SSSR count). The van der Waals surface area contributed by atoms with Crippen LogP contribution in [0.4, 0.5) is 0 Å². The summed E-state index contributed by atoms with van der Waals surface area (Å²) in [6.45, 7) is 4.81. The largest absolute Gasteiger partial charge is 0.507 e. The van der Waals surface area contributed by atoms with Crippen molar-refractivity contribution in [2.45, 2.75) is 39.5 Å². The Morgan fingerprint density at radius 1 is 1.32 bits per heavy atom. The van der Waals surface area contributed by atoms with Crippen molar-refractivity contribution >= 4 is 5.91 Å². The van der Waals surface area contributed by atoms with Crippen LogP contribution in [0.15, 0.2) is 18.2 Å². The lowest BCUT2D eigenvalue weighted by molar-refractivity contribution is 0.0939. The Morgan fingerprint density at radius 3 is 2.68 bits per heavy atom. The molecule has 0 unspecified atom stereocenters. The highest BCUT2D eigenvalue weighted by atomic mass is 16.3. The summed E-state index contributed by atoms with van der Waals surface area (Å²) in [5, 5.41) is 12.8. The Kier molecular flexibility index (Phi) is 4.46. The highest BCUT2D eigenvalue weighted by Crippen LogP contribution is 2.28. The van der Waals surface area contributed by atoms with Gasteiger partial charge in [0.25, 0.3) is 5.91 Å². The third kappa shape index (κ3) is 3.49. The van der Waals surface area contributed by atoms with Crippen molar-refractivity contribution in [3.63, 3.8) is 0 Å². The number of aryl methyl sites for hydroxylation is 1. The van der Waals surface area contributed by atoms with E-state index in [-0.39, 0.29) is 11.7 Å². The summed E-state index contributed by atoms with van der Waals surface area (Å²) in [5.74, 6) is 1.34. The fraction of sp³-hybridized carbons (Fsp3) is 0.562. The lowest BCUT2D eigenvalue weighted by Crippen LogP contribution is -2.31. The second-order valence-corrected chi connectivity index (χ2v) is 5.81. The van der Waals surface area contributed by atoms with Gasteiger partial charge in [0.15, 0.2) is 0 Å². The number of benzene rings is 1. The number of aromatic hydroxyl groups is 1. The van der Waals surface area contributed by atoms with E-state index in [1.807, 2.05) is 0 Å². The van der Waals surface area contributed by atoms with Crippen molar-refractivity contribution in [2.24, 2.45) is 11.8 Å². The van der Waals surface area contributed by atoms with Crippen molar-refractivity contribution in [1.82, 2.24) is 5.32 Å². The third-order valence-electron chi connectivity index (χ3n) is 4.17. The Labute approximate surface area is 115 Å². The SMILES string of the molecule is Cc1cccc(C(=O)NCC2CCC(C)CC2)c1O. The molecule has 1 saturated carbocycles. The quantitative estimate of drug-likeness (QED) is 0.877. The molecule has 104 valence electrons. The number of hydrogen-bond acceptors (Lipinski definition) is 2. The smallest absolute Gasteiger partial charge is 0.255 e. The number of carbonyl (C=O) groups is 1. The Bertz CT molecular complexity index is 448. The molecule has 2 N–H and O–H groups in total. The van der Waals surface area contributed by atoms with Gasteiger partial charge in [0, 0.05) is 6.54 Å². The first-order valence-electron chi connectivity index (χ1n) is 7.14. The second kappa shape index (κ2) is 6.09. The monoisotopic (exact) mass is 261 g/mol. The van der Waals surface area contributed by atoms with E-state index in [1.165, 1.54) is 25.7 Å². The average Bonchev–Trinajstić information content (AvgIpc) is 2.41. The van der Waals surface area contributed by atoms with Crippen LogP contribution in [-0.2, 0) is 0 Å². The van der Waals surface area contributed by atoms with E-state index in [1.54, 1.807) is 25.1 Å². The number of rotatable bonds is 3. The molecular formula is C16H23NO2. The molecule has 0 bridgehead atoms. The van der Waals surface area contributed by atoms with Crippen LogP contribution in [0.3, 0.4) is 0 Å². The van der Waals surface area contributed by atoms with Gasteiger partial charge in [-0.3, -0.25) is 4.79 Å². The predicted octanol–water partition coefficient (Wildman–Crippen LogP) is 3.26. The summed E-state index contributed by atoms with van der Waals surface area (Å²) in [6, 6.07) is 5.27. The van der Waals surface area contributed by atoms with Crippen LogP contribution in [0, 0.1) is 18.8 Å². The first kappa shape index (κ1) is 13.9. The molecule has 1 aliphatic carbocycles. The summed E-state index contributed by atoms with van der Waals surface area (Å²) in [6.07, 6.45) is 4.91. The number of para-hydroxylation sites is 1. The van der Waals surface area contributed by atoms with Gasteiger partial charge in [0.2, 0.25) is 0 Å². The van der Waals surface area contributed by atoms with Gasteiger partial charge in [-0.2, -0.15) is 0 Å². The van der Waals surface area contributed by atoms with Crippen molar-refractivity contribution in [3.05, 3.63) is 29.3 Å². The normalized spacial score (nSPS) is 23.1. The number of nitrogens with one attached hydrogen (secondary N) is 1. The van der Waals surface area contributed by atoms with Crippen molar-refractivity contribution in [1.29, 1.82) is 0 Å². The molecule has 0 spiro atoms. The van der Waals surface area contributed by atoms with E-state index in [4.69, 9.17) is 0 Å². The average molecular weight is 261 g/mol. The van der Waals surface area contributed by atoms with Gasteiger partial charge in [-0.15, -0.1) is 0 Å². The number of amides is 1. The van der Waals surface area contributed by atoms with Gasteiger partial charge in [0.1, 0.15) is 5.75 Å². The highest BCUT2D eigenvalue weighted by molar-refractivity contribution is 5.97. The van der Waals surface area contributed by atoms with Crippen molar-refractivity contribution < 1.29 is 9.90 Å². The molecule has 1 fully saturated rings. The molecule has 1 aromatic rings. The third-order valence-corrected chi connectivity index (χ3v) is 4.17. The molecular weight excluding hydrogens is 238 g/mol. The summed E-state index contributed by atoms with van der Waals surface area (Å²) in [4.78, 5) is 12.1. The number of phenols is 1. The molecule has 0 atom stereocenters. The van der Waals surface area contributed by atoms with Crippen LogP contribution in [-0.4, -0.2) is 17.6 Å². The van der Waals surface area contributed by atoms with E-state index in [0.717, 1.165) is 18.0 Å². The van der Waals surface area contributed by atoms with Gasteiger partial charge in [-0.25, -0.2) is 0 Å². The molecule has 0 aromatic heterocycles. The predicted molar refractivity (Wildman–Crippen MR) is 76.3 cm³/mol. The topological polar surface area (TPSA) is 49.3 Å². The fourth-order valence-corrected chi connectivity index (χ4v) is 2.71. The van der Waals surface area contributed by atoms with Crippen LogP contribution >= 0.6 is 0 Å². The second-order valence-electron chi connectivity index (χ2n) is 5.81. The molecule has 1 aromatic carbocycles. The van der Waals surface area contributed by atoms with Crippen LogP contribution in [0.2, 0.25) is 0 Å². The standard InChI is InChI=1S/C16H23NO2/c1-11-6-8-13(9-7-11)10-17-16(19)14-5-3-4-12(2)15(14)18/h3-5,11,13,18H,6-10H2,1-2H3,(H,17,19). The van der Waals surface area contributed by atoms with Gasteiger partial charge < -0.3 is 10.4 Å². The lowest BCUT2D eigenvalue weighted by atomic mass is 9.83. The van der Waals surface area contributed by atoms with E-state index in [2.05, 4.69) is 12.2 Å². The minimum absolute atomic E-state index is 0.0947. The Hall–Kier alpha value is -1.51. The van der Waals surface area contributed by atoms with E-state index in [0.29, 0.717) is 11.5 Å². The molecule has 3 heteroatoms. The Balaban J connectivity index is 1.89. The maximum Gasteiger partial charge on any atom is 0.255 e. The molecule has 0 saturated heterocycles. The molecule has 1 aliphatic rings. The number of hydrogen-bond donors (Lipinski definition) is 2. The van der Waals surface area contributed by atoms with Crippen molar-refractivity contribution in [3.8, 4) is 5.75 Å². The summed E-state index contributed by atoms with van der Waals surface area (Å²) in [5.41, 5.74) is 1.11. The van der Waals surface area contributed by atoms with Crippen LogP contribution in [0.1, 0.15) is 48.5 Å². The molecule has 0 heterocycles. The summed E-state index contributed by atoms with van der Waals surface area (Å²) in [7, 11) is 0. The fourth-order valence-electron chi connectivity index (χ4n) is 2.71. The zero-order valence-electron chi connectivity index (χ0n) is 11.8. The molecule has 0 aliphatic heterocycles. The molecule has 0 radical (unpaired) electrons. The zero-order valence-corrected chi connectivity index (χ0v) is 11.8. The summed E-state index contributed by atoms with van der Waals surface area (Å²) < 4.78 is 0. The highest BCUT2D eigenvalue weighted by Gasteiger charge is 2.19. The number of carbonyl (C=O) groups excluding carboxylic acids is 1. The Morgan fingerprint density at radius 2 is 2.00 bits per heavy atom. The first-order chi connectivity index (χ1) is 9.08. The maximum absolute atomic E-state index is 12.1. The molecule has 19 heavy (non-hydrogen) atoms. The minimum Gasteiger partial charge on any atom is -0.507 e. The molecule has 1 amide bonds. The van der Waals surface area contributed by atoms with Gasteiger partial charge in [-0.05, 0) is 43.2 Å². The van der Waals surface area contributed by atoms with Crippen molar-refractivity contribution in [2.75, 3.05) is 6.54 Å². The van der Waals surface area contributed by atoms with Gasteiger partial charge >= 0.3 is 0 Å². The van der Waals surface area contributed by atoms with E-state index >= 15 is 0 Å². The van der Waals surface area contributed by atoms with E-state index in [9.17, 15) is 9.90 Å². The van der Waals surface area contributed by atoms with Crippen LogP contribution < -0.4 is 5.32 Å². The van der Waals surface area contributed by atoms with Gasteiger partial charge in [-0.1, -0.05) is 31.9 Å². The van der Waals surface area contributed by atoms with Gasteiger partial charge in [0.05, 0.1) is 5.56 Å². The molecule has 3 nitrogen and oxygen atoms in total. The lowest BCUT2D eigenvalue weighted by Gasteiger charge is -2.26. The first-order valence-corrected chi connectivity index (χ1v) is 7.14. The van der Waals surface area contributed by atoms with Crippen LogP contribution in [0.25, 0.3) is 0 Å². The zero-order chi connectivity index (χ0) is 13.8. The maximum atomic E-state index is 12.1. The summed E-state index contributed by atoms with van der Waals surface area (Å²) >= 11 is 0. The number of phenolic OH excluding ortho intramolecular Hbond substituents is 1. The van der Waals surface area contributed by atoms with E-state index < -0.39 is 0 Å². The van der Waals surface area contributed by atoms with Crippen LogP contribution in [0.5, 0.6) is 5.75 Å².